The van der Waals surface area contributed by atoms with E-state index in [9.17, 15) is 34.2 Å². The van der Waals surface area contributed by atoms with E-state index in [1.165, 1.54) is 6.92 Å². The van der Waals surface area contributed by atoms with Crippen LogP contribution in [-0.4, -0.2) is 75.8 Å². The number of aliphatic hydroxyl groups excluding tert-OH is 1. The van der Waals surface area contributed by atoms with Crippen molar-refractivity contribution in [3.8, 4) is 0 Å². The van der Waals surface area contributed by atoms with Crippen molar-refractivity contribution in [1.29, 1.82) is 0 Å². The second-order valence-electron chi connectivity index (χ2n) is 6.96. The first kappa shape index (κ1) is 27.6. The number of carboxylic acids is 1. The molecule has 13 heteroatoms. The molecule has 30 heavy (non-hydrogen) atoms. The number of primary amides is 1. The van der Waals surface area contributed by atoms with Crippen LogP contribution in [-0.2, 0) is 24.0 Å². The molecule has 4 amide bonds. The number of nitrogens with one attached hydrogen (secondary N) is 3. The molecule has 0 aromatic carbocycles. The topological polar surface area (TPSA) is 214 Å². The van der Waals surface area contributed by atoms with Crippen LogP contribution in [0.1, 0.15) is 33.6 Å². The minimum Gasteiger partial charge on any atom is -0.480 e. The van der Waals surface area contributed by atoms with Gasteiger partial charge in [-0.25, -0.2) is 4.79 Å². The summed E-state index contributed by atoms with van der Waals surface area (Å²) in [4.78, 5) is 59.2. The van der Waals surface area contributed by atoms with Crippen molar-refractivity contribution in [2.24, 2.45) is 17.4 Å². The lowest BCUT2D eigenvalue weighted by molar-refractivity contribution is -0.144. The number of nitrogens with two attached hydrogens (primary N) is 2. The standard InChI is InChI=1S/C17H31N5O7S/c1-4-7(2)12(17(28)29)21-16(27)13(8(3)23)22-15(26)10(6-30)20-14(25)9(18)5-11(19)24/h7-10,12-13,23,30H,4-6,18H2,1-3H3,(H2,19,24)(H,20,25)(H,21,27)(H,22,26)(H,28,29). The number of rotatable bonds is 13. The van der Waals surface area contributed by atoms with Crippen LogP contribution >= 0.6 is 12.6 Å². The monoisotopic (exact) mass is 449 g/mol. The highest BCUT2D eigenvalue weighted by Gasteiger charge is 2.33. The van der Waals surface area contributed by atoms with Crippen molar-refractivity contribution in [2.75, 3.05) is 5.75 Å². The zero-order chi connectivity index (χ0) is 23.6. The van der Waals surface area contributed by atoms with Gasteiger partial charge in [0.25, 0.3) is 0 Å². The SMILES string of the molecule is CCC(C)C(NC(=O)C(NC(=O)C(CS)NC(=O)C(N)CC(N)=O)C(C)O)C(=O)O. The van der Waals surface area contributed by atoms with E-state index in [2.05, 4.69) is 28.6 Å². The lowest BCUT2D eigenvalue weighted by Crippen LogP contribution is -2.60. The Morgan fingerprint density at radius 2 is 1.50 bits per heavy atom. The number of aliphatic hydroxyl groups is 1. The quantitative estimate of drug-likeness (QED) is 0.136. The molecule has 12 nitrogen and oxygen atoms in total. The maximum Gasteiger partial charge on any atom is 0.326 e. The van der Waals surface area contributed by atoms with E-state index in [0.717, 1.165) is 0 Å². The van der Waals surface area contributed by atoms with Gasteiger partial charge in [0.2, 0.25) is 23.6 Å². The Bertz CT molecular complexity index is 646. The number of aliphatic carboxylic acids is 1. The second-order valence-corrected chi connectivity index (χ2v) is 7.32. The molecule has 0 heterocycles. The van der Waals surface area contributed by atoms with Crippen LogP contribution in [0.15, 0.2) is 0 Å². The Labute approximate surface area is 179 Å². The zero-order valence-corrected chi connectivity index (χ0v) is 18.0. The summed E-state index contributed by atoms with van der Waals surface area (Å²) in [5.74, 6) is -5.22. The summed E-state index contributed by atoms with van der Waals surface area (Å²) >= 11 is 3.97. The predicted octanol–water partition coefficient (Wildman–Crippen LogP) is -2.92. The van der Waals surface area contributed by atoms with E-state index in [1.54, 1.807) is 13.8 Å². The van der Waals surface area contributed by atoms with Gasteiger partial charge in [-0.2, -0.15) is 12.6 Å². The molecule has 0 aromatic heterocycles. The summed E-state index contributed by atoms with van der Waals surface area (Å²) < 4.78 is 0. The lowest BCUT2D eigenvalue weighted by Gasteiger charge is -2.27. The van der Waals surface area contributed by atoms with E-state index in [0.29, 0.717) is 6.42 Å². The highest BCUT2D eigenvalue weighted by molar-refractivity contribution is 7.80. The number of carbonyl (C=O) groups excluding carboxylic acids is 4. The van der Waals surface area contributed by atoms with Gasteiger partial charge in [-0.1, -0.05) is 20.3 Å². The van der Waals surface area contributed by atoms with Gasteiger partial charge < -0.3 is 37.6 Å². The van der Waals surface area contributed by atoms with Gasteiger partial charge in [-0.15, -0.1) is 0 Å². The molecule has 172 valence electrons. The van der Waals surface area contributed by atoms with Gasteiger partial charge in [0, 0.05) is 5.75 Å². The van der Waals surface area contributed by atoms with E-state index in [1.807, 2.05) is 0 Å². The minimum absolute atomic E-state index is 0.181. The molecule has 0 aliphatic heterocycles. The maximum atomic E-state index is 12.5. The molecule has 6 atom stereocenters. The number of hydrogen-bond donors (Lipinski definition) is 8. The Morgan fingerprint density at radius 3 is 1.90 bits per heavy atom. The maximum absolute atomic E-state index is 12.5. The summed E-state index contributed by atoms with van der Waals surface area (Å²) in [6.45, 7) is 4.63. The average Bonchev–Trinajstić information content (AvgIpc) is 2.65. The van der Waals surface area contributed by atoms with Crippen LogP contribution in [0.2, 0.25) is 0 Å². The van der Waals surface area contributed by atoms with E-state index in [-0.39, 0.29) is 5.75 Å². The molecule has 0 aliphatic carbocycles. The predicted molar refractivity (Wildman–Crippen MR) is 110 cm³/mol. The molecule has 0 saturated heterocycles. The molecule has 0 saturated carbocycles. The van der Waals surface area contributed by atoms with Crippen LogP contribution in [0.5, 0.6) is 0 Å². The average molecular weight is 450 g/mol. The summed E-state index contributed by atoms with van der Waals surface area (Å²) in [7, 11) is 0. The Morgan fingerprint density at radius 1 is 0.967 bits per heavy atom. The van der Waals surface area contributed by atoms with Crippen LogP contribution < -0.4 is 27.4 Å². The van der Waals surface area contributed by atoms with Gasteiger partial charge in [0.05, 0.1) is 18.6 Å². The van der Waals surface area contributed by atoms with Gasteiger partial charge in [0.15, 0.2) is 0 Å². The van der Waals surface area contributed by atoms with Crippen molar-refractivity contribution in [3.05, 3.63) is 0 Å². The normalized spacial score (nSPS) is 16.9. The number of hydrogen-bond acceptors (Lipinski definition) is 8. The molecule has 0 aromatic rings. The van der Waals surface area contributed by atoms with Crippen molar-refractivity contribution < 1.29 is 34.2 Å². The molecule has 0 aliphatic rings. The summed E-state index contributed by atoms with van der Waals surface area (Å²) in [6.07, 6.45) is -1.33. The Hall–Kier alpha value is -2.38. The number of carboxylic acid groups (broad SMARTS) is 1. The smallest absolute Gasteiger partial charge is 0.326 e. The fourth-order valence-electron chi connectivity index (χ4n) is 2.37. The summed E-state index contributed by atoms with van der Waals surface area (Å²) in [6, 6.07) is -5.21. The van der Waals surface area contributed by atoms with E-state index in [4.69, 9.17) is 11.5 Å². The molecular formula is C17H31N5O7S. The third-order valence-corrected chi connectivity index (χ3v) is 4.78. The largest absolute Gasteiger partial charge is 0.480 e. The molecule has 0 radical (unpaired) electrons. The van der Waals surface area contributed by atoms with Crippen LogP contribution in [0.25, 0.3) is 0 Å². The third-order valence-electron chi connectivity index (χ3n) is 4.41. The highest BCUT2D eigenvalue weighted by Crippen LogP contribution is 2.09. The molecule has 0 fully saturated rings. The first-order valence-corrected chi connectivity index (χ1v) is 9.95. The molecule has 0 spiro atoms. The molecule has 0 rings (SSSR count). The highest BCUT2D eigenvalue weighted by atomic mass is 32.1. The molecule has 6 unspecified atom stereocenters. The number of carbonyl (C=O) groups is 5. The third kappa shape index (κ3) is 8.97. The Balaban J connectivity index is 5.23. The summed E-state index contributed by atoms with van der Waals surface area (Å²) in [5, 5.41) is 26.0. The Kier molecular flexibility index (Phi) is 12.0. The lowest BCUT2D eigenvalue weighted by atomic mass is 9.98. The van der Waals surface area contributed by atoms with Gasteiger partial charge in [0.1, 0.15) is 18.1 Å². The van der Waals surface area contributed by atoms with Crippen molar-refractivity contribution in [2.45, 2.75) is 63.9 Å². The number of amides is 4. The first-order chi connectivity index (χ1) is 13.8. The van der Waals surface area contributed by atoms with Crippen LogP contribution in [0, 0.1) is 5.92 Å². The first-order valence-electron chi connectivity index (χ1n) is 9.32. The van der Waals surface area contributed by atoms with Crippen LogP contribution in [0.4, 0.5) is 0 Å². The minimum atomic E-state index is -1.48. The molecule has 0 bridgehead atoms. The van der Waals surface area contributed by atoms with Gasteiger partial charge >= 0.3 is 5.97 Å². The van der Waals surface area contributed by atoms with Crippen LogP contribution in [0.3, 0.4) is 0 Å². The van der Waals surface area contributed by atoms with E-state index < -0.39 is 72.2 Å². The summed E-state index contributed by atoms with van der Waals surface area (Å²) in [5.41, 5.74) is 10.5. The second kappa shape index (κ2) is 13.0. The fourth-order valence-corrected chi connectivity index (χ4v) is 2.62. The van der Waals surface area contributed by atoms with Crippen molar-refractivity contribution in [1.82, 2.24) is 16.0 Å². The van der Waals surface area contributed by atoms with Crippen molar-refractivity contribution >= 4 is 42.2 Å². The number of thiol groups is 1. The van der Waals surface area contributed by atoms with Gasteiger partial charge in [-0.05, 0) is 12.8 Å². The molecular weight excluding hydrogens is 418 g/mol. The van der Waals surface area contributed by atoms with E-state index >= 15 is 0 Å². The molecule has 9 N–H and O–H groups in total. The zero-order valence-electron chi connectivity index (χ0n) is 17.1. The fraction of sp³-hybridized carbons (Fsp3) is 0.706. The van der Waals surface area contributed by atoms with Crippen molar-refractivity contribution in [3.63, 3.8) is 0 Å². The van der Waals surface area contributed by atoms with Gasteiger partial charge in [-0.3, -0.25) is 19.2 Å².